The number of aliphatic carboxylic acids is 1. The Hall–Kier alpha value is -4.89. The third-order valence-electron chi connectivity index (χ3n) is 6.67. The largest absolute Gasteiger partial charge is 0.480 e. The van der Waals surface area contributed by atoms with Crippen LogP contribution in [0, 0.1) is 11.3 Å². The highest BCUT2D eigenvalue weighted by Gasteiger charge is 2.29. The van der Waals surface area contributed by atoms with Gasteiger partial charge in [-0.15, -0.1) is 0 Å². The van der Waals surface area contributed by atoms with Gasteiger partial charge in [-0.05, 0) is 51.1 Å². The summed E-state index contributed by atoms with van der Waals surface area (Å²) in [7, 11) is 0. The average molecular weight is 489 g/mol. The number of carboxylic acids is 1. The summed E-state index contributed by atoms with van der Waals surface area (Å²) in [6, 6.07) is 31.7. The minimum Gasteiger partial charge on any atom is -0.480 e. The zero-order valence-electron chi connectivity index (χ0n) is 19.9. The second-order valence-electron chi connectivity index (χ2n) is 8.95. The van der Waals surface area contributed by atoms with Gasteiger partial charge in [0.15, 0.2) is 0 Å². The van der Waals surface area contributed by atoms with E-state index in [-0.39, 0.29) is 18.9 Å². The molecule has 0 fully saturated rings. The van der Waals surface area contributed by atoms with Crippen LogP contribution in [0.4, 0.5) is 4.79 Å². The molecule has 0 bridgehead atoms. The van der Waals surface area contributed by atoms with Crippen LogP contribution >= 0.6 is 0 Å². The summed E-state index contributed by atoms with van der Waals surface area (Å²) >= 11 is 0. The molecule has 4 aromatic carbocycles. The van der Waals surface area contributed by atoms with Crippen molar-refractivity contribution in [3.05, 3.63) is 119 Å². The zero-order chi connectivity index (χ0) is 25.8. The van der Waals surface area contributed by atoms with E-state index in [0.29, 0.717) is 5.56 Å². The lowest BCUT2D eigenvalue weighted by molar-refractivity contribution is -0.139. The molecule has 5 rings (SSSR count). The molecule has 1 atom stereocenters. The van der Waals surface area contributed by atoms with Gasteiger partial charge in [-0.1, -0.05) is 84.9 Å². The molecule has 0 heterocycles. The second-order valence-corrected chi connectivity index (χ2v) is 8.95. The lowest BCUT2D eigenvalue weighted by Gasteiger charge is -2.17. The Bertz CT molecular complexity index is 1440. The summed E-state index contributed by atoms with van der Waals surface area (Å²) in [5.74, 6) is -1.24. The molecule has 37 heavy (non-hydrogen) atoms. The van der Waals surface area contributed by atoms with Gasteiger partial charge in [-0.3, -0.25) is 0 Å². The molecule has 0 aromatic heterocycles. The number of nitrogens with zero attached hydrogens (tertiary/aromatic N) is 1. The van der Waals surface area contributed by atoms with Gasteiger partial charge < -0.3 is 15.2 Å². The highest BCUT2D eigenvalue weighted by atomic mass is 16.5. The molecule has 1 amide bonds. The zero-order valence-corrected chi connectivity index (χ0v) is 19.9. The van der Waals surface area contributed by atoms with Gasteiger partial charge in [0, 0.05) is 12.3 Å². The second kappa shape index (κ2) is 10.4. The number of hydrogen-bond donors (Lipinski definition) is 2. The number of hydrogen-bond acceptors (Lipinski definition) is 4. The van der Waals surface area contributed by atoms with Crippen LogP contribution in [-0.2, 0) is 16.0 Å². The summed E-state index contributed by atoms with van der Waals surface area (Å²) in [5.41, 5.74) is 7.69. The van der Waals surface area contributed by atoms with E-state index in [1.165, 1.54) is 0 Å². The Morgan fingerprint density at radius 2 is 1.38 bits per heavy atom. The molecular weight excluding hydrogens is 464 g/mol. The maximum atomic E-state index is 12.6. The van der Waals surface area contributed by atoms with E-state index in [2.05, 4.69) is 23.5 Å². The number of ether oxygens (including phenoxy) is 1. The lowest BCUT2D eigenvalue weighted by Crippen LogP contribution is -2.42. The number of nitriles is 1. The Balaban J connectivity index is 1.22. The van der Waals surface area contributed by atoms with E-state index in [4.69, 9.17) is 10.00 Å². The molecule has 0 saturated carbocycles. The molecular formula is C31H24N2O4. The van der Waals surface area contributed by atoms with Crippen LogP contribution in [0.1, 0.15) is 28.2 Å². The Morgan fingerprint density at radius 3 is 1.92 bits per heavy atom. The first-order valence-electron chi connectivity index (χ1n) is 12.0. The number of carbonyl (C=O) groups excluding carboxylic acids is 1. The molecule has 0 aliphatic heterocycles. The van der Waals surface area contributed by atoms with E-state index >= 15 is 0 Å². The van der Waals surface area contributed by atoms with Crippen molar-refractivity contribution in [2.24, 2.45) is 0 Å². The number of carboxylic acid groups (broad SMARTS) is 1. The standard InChI is InChI=1S/C31H24N2O4/c32-18-21-11-15-23(16-12-21)22-13-9-20(10-14-22)17-29(30(34)35)33-31(36)37-19-28-26-7-3-1-5-24(26)25-6-2-4-8-27(25)28/h1-16,28-29H,17,19H2,(H,33,36)(H,34,35)/t29-/m0/s1. The van der Waals surface area contributed by atoms with Crippen LogP contribution < -0.4 is 5.32 Å². The van der Waals surface area contributed by atoms with Crippen molar-refractivity contribution in [2.45, 2.75) is 18.4 Å². The van der Waals surface area contributed by atoms with Crippen molar-refractivity contribution in [1.29, 1.82) is 5.26 Å². The lowest BCUT2D eigenvalue weighted by atomic mass is 9.98. The third-order valence-corrected chi connectivity index (χ3v) is 6.67. The van der Waals surface area contributed by atoms with Crippen LogP contribution in [0.25, 0.3) is 22.3 Å². The highest BCUT2D eigenvalue weighted by Crippen LogP contribution is 2.44. The van der Waals surface area contributed by atoms with Crippen molar-refractivity contribution >= 4 is 12.1 Å². The van der Waals surface area contributed by atoms with Gasteiger partial charge in [0.1, 0.15) is 12.6 Å². The summed E-state index contributed by atoms with van der Waals surface area (Å²) in [5, 5.41) is 21.2. The van der Waals surface area contributed by atoms with E-state index < -0.39 is 18.1 Å². The Labute approximate surface area is 214 Å². The topological polar surface area (TPSA) is 99.4 Å². The Kier molecular flexibility index (Phi) is 6.69. The fourth-order valence-electron chi connectivity index (χ4n) is 4.79. The molecule has 6 nitrogen and oxygen atoms in total. The smallest absolute Gasteiger partial charge is 0.407 e. The number of rotatable bonds is 7. The molecule has 0 unspecified atom stereocenters. The Morgan fingerprint density at radius 1 is 0.838 bits per heavy atom. The van der Waals surface area contributed by atoms with Gasteiger partial charge in [0.05, 0.1) is 11.6 Å². The van der Waals surface area contributed by atoms with Crippen LogP contribution in [0.3, 0.4) is 0 Å². The van der Waals surface area contributed by atoms with E-state index in [0.717, 1.165) is 38.9 Å². The fraction of sp³-hybridized carbons (Fsp3) is 0.129. The number of alkyl carbamates (subject to hydrolysis) is 1. The first kappa shape index (κ1) is 23.8. The minimum absolute atomic E-state index is 0.101. The van der Waals surface area contributed by atoms with Gasteiger partial charge in [0.25, 0.3) is 0 Å². The summed E-state index contributed by atoms with van der Waals surface area (Å²) in [4.78, 5) is 24.5. The van der Waals surface area contributed by atoms with Crippen molar-refractivity contribution in [2.75, 3.05) is 6.61 Å². The van der Waals surface area contributed by atoms with E-state index in [9.17, 15) is 14.7 Å². The number of benzene rings is 4. The molecule has 2 N–H and O–H groups in total. The predicted molar refractivity (Wildman–Crippen MR) is 140 cm³/mol. The number of amides is 1. The van der Waals surface area contributed by atoms with Crippen LogP contribution in [0.5, 0.6) is 0 Å². The van der Waals surface area contributed by atoms with Crippen molar-refractivity contribution in [3.8, 4) is 28.3 Å². The minimum atomic E-state index is -1.13. The van der Waals surface area contributed by atoms with Crippen molar-refractivity contribution in [1.82, 2.24) is 5.32 Å². The molecule has 0 saturated heterocycles. The molecule has 1 aliphatic carbocycles. The van der Waals surface area contributed by atoms with Gasteiger partial charge in [-0.2, -0.15) is 5.26 Å². The van der Waals surface area contributed by atoms with Crippen LogP contribution in [-0.4, -0.2) is 29.8 Å². The predicted octanol–water partition coefficient (Wildman–Crippen LogP) is 5.76. The summed E-state index contributed by atoms with van der Waals surface area (Å²) in [6.07, 6.45) is -0.642. The summed E-state index contributed by atoms with van der Waals surface area (Å²) in [6.45, 7) is 0.117. The van der Waals surface area contributed by atoms with Crippen molar-refractivity contribution in [3.63, 3.8) is 0 Å². The summed E-state index contributed by atoms with van der Waals surface area (Å²) < 4.78 is 5.52. The van der Waals surface area contributed by atoms with Crippen LogP contribution in [0.2, 0.25) is 0 Å². The normalized spacial score (nSPS) is 12.6. The molecule has 1 aliphatic rings. The van der Waals surface area contributed by atoms with E-state index in [1.807, 2.05) is 72.8 Å². The fourth-order valence-corrected chi connectivity index (χ4v) is 4.79. The molecule has 182 valence electrons. The quantitative estimate of drug-likeness (QED) is 0.345. The maximum absolute atomic E-state index is 12.6. The SMILES string of the molecule is N#Cc1ccc(-c2ccc(C[C@H](NC(=O)OCC3c4ccccc4-c4ccccc43)C(=O)O)cc2)cc1. The first-order chi connectivity index (χ1) is 18.0. The number of carbonyl (C=O) groups is 2. The molecule has 6 heteroatoms. The molecule has 0 spiro atoms. The van der Waals surface area contributed by atoms with Gasteiger partial charge >= 0.3 is 12.1 Å². The third kappa shape index (κ3) is 5.07. The number of nitrogens with one attached hydrogen (secondary N) is 1. The maximum Gasteiger partial charge on any atom is 0.407 e. The monoisotopic (exact) mass is 488 g/mol. The van der Waals surface area contributed by atoms with Crippen molar-refractivity contribution < 1.29 is 19.4 Å². The average Bonchev–Trinajstić information content (AvgIpc) is 3.25. The van der Waals surface area contributed by atoms with Crippen LogP contribution in [0.15, 0.2) is 97.1 Å². The number of fused-ring (bicyclic) bond motifs is 3. The molecule has 4 aromatic rings. The van der Waals surface area contributed by atoms with E-state index in [1.54, 1.807) is 12.1 Å². The first-order valence-corrected chi connectivity index (χ1v) is 12.0. The molecule has 0 radical (unpaired) electrons. The van der Waals surface area contributed by atoms with Gasteiger partial charge in [0.2, 0.25) is 0 Å². The van der Waals surface area contributed by atoms with Gasteiger partial charge in [-0.25, -0.2) is 9.59 Å². The highest BCUT2D eigenvalue weighted by molar-refractivity contribution is 5.81.